The minimum atomic E-state index is -0.447. The van der Waals surface area contributed by atoms with Crippen LogP contribution in [0.2, 0.25) is 0 Å². The molecular formula is C22H18FN3O2. The number of hydrogen-bond donors (Lipinski definition) is 1. The third kappa shape index (κ3) is 3.62. The number of rotatable bonds is 4. The van der Waals surface area contributed by atoms with Gasteiger partial charge < -0.3 is 9.72 Å². The number of carbonyl (C=O) groups excluding carboxylic acids is 1. The summed E-state index contributed by atoms with van der Waals surface area (Å²) in [6, 6.07) is 13.6. The molecule has 0 amide bonds. The number of aromatic amines is 1. The lowest BCUT2D eigenvalue weighted by molar-refractivity contribution is 0.0371. The molecule has 0 atom stereocenters. The Morgan fingerprint density at radius 2 is 1.86 bits per heavy atom. The Bertz CT molecular complexity index is 1190. The molecular weight excluding hydrogens is 357 g/mol. The van der Waals surface area contributed by atoms with E-state index in [1.807, 2.05) is 18.2 Å². The maximum absolute atomic E-state index is 13.0. The minimum absolute atomic E-state index is 0.208. The van der Waals surface area contributed by atoms with E-state index in [2.05, 4.69) is 15.0 Å². The lowest BCUT2D eigenvalue weighted by Gasteiger charge is -2.06. The zero-order valence-corrected chi connectivity index (χ0v) is 15.4. The summed E-state index contributed by atoms with van der Waals surface area (Å²) in [5, 5.41) is 1.81. The molecule has 0 saturated heterocycles. The van der Waals surface area contributed by atoms with Crippen molar-refractivity contribution in [3.63, 3.8) is 0 Å². The topological polar surface area (TPSA) is 67.3 Å². The number of ether oxygens (including phenoxy) is 1. The van der Waals surface area contributed by atoms with Gasteiger partial charge in [0.05, 0.1) is 23.5 Å². The second-order valence-electron chi connectivity index (χ2n) is 6.73. The Morgan fingerprint density at radius 1 is 1.11 bits per heavy atom. The molecule has 0 saturated carbocycles. The number of pyridine rings is 1. The number of aromatic nitrogens is 2. The van der Waals surface area contributed by atoms with Gasteiger partial charge >= 0.3 is 5.97 Å². The first kappa shape index (κ1) is 17.9. The molecule has 4 rings (SSSR count). The van der Waals surface area contributed by atoms with E-state index in [0.29, 0.717) is 0 Å². The highest BCUT2D eigenvalue weighted by Crippen LogP contribution is 2.29. The number of carbonyl (C=O) groups is 1. The molecule has 0 radical (unpaired) electrons. The molecule has 5 nitrogen and oxygen atoms in total. The van der Waals surface area contributed by atoms with Crippen LogP contribution in [0.15, 0.2) is 59.7 Å². The Hall–Kier alpha value is -3.54. The number of halogens is 1. The van der Waals surface area contributed by atoms with Gasteiger partial charge in [0.15, 0.2) is 0 Å². The number of hydrogen-bond acceptors (Lipinski definition) is 4. The van der Waals surface area contributed by atoms with Gasteiger partial charge in [-0.1, -0.05) is 12.1 Å². The van der Waals surface area contributed by atoms with E-state index in [0.717, 1.165) is 33.1 Å². The van der Waals surface area contributed by atoms with Crippen molar-refractivity contribution in [3.8, 4) is 0 Å². The first-order valence-corrected chi connectivity index (χ1v) is 8.92. The van der Waals surface area contributed by atoms with Crippen molar-refractivity contribution in [1.82, 2.24) is 9.97 Å². The highest BCUT2D eigenvalue weighted by Gasteiger charge is 2.14. The molecule has 0 aliphatic carbocycles. The molecule has 140 valence electrons. The molecule has 0 unspecified atom stereocenters. The molecule has 2 aromatic carbocycles. The van der Waals surface area contributed by atoms with E-state index < -0.39 is 5.97 Å². The van der Waals surface area contributed by atoms with Gasteiger partial charge in [-0.15, -0.1) is 0 Å². The van der Waals surface area contributed by atoms with Gasteiger partial charge in [-0.05, 0) is 55.8 Å². The Morgan fingerprint density at radius 3 is 2.61 bits per heavy atom. The second kappa shape index (κ2) is 7.23. The second-order valence-corrected chi connectivity index (χ2v) is 6.73. The quantitative estimate of drug-likeness (QED) is 0.395. The van der Waals surface area contributed by atoms with E-state index >= 15 is 0 Å². The molecule has 0 spiro atoms. The summed E-state index contributed by atoms with van der Waals surface area (Å²) in [6.07, 6.45) is 3.11. The van der Waals surface area contributed by atoms with Crippen LogP contribution >= 0.6 is 0 Å². The van der Waals surface area contributed by atoms with Crippen LogP contribution in [0, 0.1) is 5.82 Å². The highest BCUT2D eigenvalue weighted by molar-refractivity contribution is 6.09. The average Bonchev–Trinajstić information content (AvgIpc) is 3.04. The van der Waals surface area contributed by atoms with Crippen molar-refractivity contribution in [2.45, 2.75) is 20.0 Å². The number of H-pyrrole nitrogens is 1. The van der Waals surface area contributed by atoms with Gasteiger partial charge in [-0.3, -0.25) is 4.99 Å². The lowest BCUT2D eigenvalue weighted by atomic mass is 10.1. The van der Waals surface area contributed by atoms with Crippen molar-refractivity contribution >= 4 is 39.7 Å². The van der Waals surface area contributed by atoms with Gasteiger partial charge in [0.1, 0.15) is 11.5 Å². The van der Waals surface area contributed by atoms with Crippen molar-refractivity contribution in [2.24, 2.45) is 4.99 Å². The Kier molecular flexibility index (Phi) is 4.61. The number of fused-ring (bicyclic) bond motifs is 3. The summed E-state index contributed by atoms with van der Waals surface area (Å²) >= 11 is 0. The van der Waals surface area contributed by atoms with Gasteiger partial charge in [0.2, 0.25) is 0 Å². The normalized spacial score (nSPS) is 11.7. The summed E-state index contributed by atoms with van der Waals surface area (Å²) in [5.41, 5.74) is 3.58. The predicted octanol–water partition coefficient (Wildman–Crippen LogP) is 5.17. The monoisotopic (exact) mass is 375 g/mol. The van der Waals surface area contributed by atoms with E-state index in [1.54, 1.807) is 44.5 Å². The SMILES string of the molecule is CC(C)OC(=O)c1cc2c(cn1)[nH]c1ccc(N=Cc3ccc(F)cc3)cc12. The van der Waals surface area contributed by atoms with Gasteiger partial charge in [-0.2, -0.15) is 0 Å². The third-order valence-corrected chi connectivity index (χ3v) is 4.25. The van der Waals surface area contributed by atoms with Crippen molar-refractivity contribution < 1.29 is 13.9 Å². The maximum atomic E-state index is 13.0. The molecule has 0 bridgehead atoms. The van der Waals surface area contributed by atoms with Crippen molar-refractivity contribution in [1.29, 1.82) is 0 Å². The molecule has 2 aromatic heterocycles. The number of nitrogens with zero attached hydrogens (tertiary/aromatic N) is 2. The highest BCUT2D eigenvalue weighted by atomic mass is 19.1. The molecule has 0 aliphatic heterocycles. The fourth-order valence-corrected chi connectivity index (χ4v) is 2.95. The molecule has 28 heavy (non-hydrogen) atoms. The largest absolute Gasteiger partial charge is 0.458 e. The minimum Gasteiger partial charge on any atom is -0.458 e. The fraction of sp³-hybridized carbons (Fsp3) is 0.136. The van der Waals surface area contributed by atoms with E-state index in [-0.39, 0.29) is 17.6 Å². The maximum Gasteiger partial charge on any atom is 0.357 e. The summed E-state index contributed by atoms with van der Waals surface area (Å²) in [7, 11) is 0. The summed E-state index contributed by atoms with van der Waals surface area (Å²) in [6.45, 7) is 3.60. The fourth-order valence-electron chi connectivity index (χ4n) is 2.95. The summed E-state index contributed by atoms with van der Waals surface area (Å²) < 4.78 is 18.2. The molecule has 0 aliphatic rings. The van der Waals surface area contributed by atoms with Crippen LogP contribution in [0.1, 0.15) is 29.9 Å². The molecule has 2 heterocycles. The van der Waals surface area contributed by atoms with Crippen LogP contribution in [-0.2, 0) is 4.74 Å². The molecule has 6 heteroatoms. The zero-order valence-electron chi connectivity index (χ0n) is 15.4. The standard InChI is InChI=1S/C22H18FN3O2/c1-13(2)28-22(27)20-10-18-17-9-16(7-8-19(17)26-21(18)12-25-20)24-11-14-3-5-15(23)6-4-14/h3-13,26H,1-2H3. The van der Waals surface area contributed by atoms with E-state index in [1.165, 1.54) is 12.1 Å². The van der Waals surface area contributed by atoms with Crippen LogP contribution < -0.4 is 0 Å². The van der Waals surface area contributed by atoms with Crippen LogP contribution in [-0.4, -0.2) is 28.3 Å². The lowest BCUT2D eigenvalue weighted by Crippen LogP contribution is -2.12. The van der Waals surface area contributed by atoms with Gasteiger partial charge in [-0.25, -0.2) is 14.2 Å². The number of nitrogens with one attached hydrogen (secondary N) is 1. The van der Waals surface area contributed by atoms with Crippen LogP contribution in [0.5, 0.6) is 0 Å². The van der Waals surface area contributed by atoms with Crippen molar-refractivity contribution in [3.05, 3.63) is 71.8 Å². The number of benzene rings is 2. The smallest absolute Gasteiger partial charge is 0.357 e. The van der Waals surface area contributed by atoms with Gasteiger partial charge in [0, 0.05) is 22.5 Å². The molecule has 0 fully saturated rings. The molecule has 1 N–H and O–H groups in total. The third-order valence-electron chi connectivity index (χ3n) is 4.25. The number of esters is 1. The summed E-state index contributed by atoms with van der Waals surface area (Å²) in [5.74, 6) is -0.727. The number of aliphatic imine (C=N–C) groups is 1. The van der Waals surface area contributed by atoms with Crippen LogP contribution in [0.3, 0.4) is 0 Å². The first-order chi connectivity index (χ1) is 13.5. The predicted molar refractivity (Wildman–Crippen MR) is 108 cm³/mol. The van der Waals surface area contributed by atoms with Crippen molar-refractivity contribution in [2.75, 3.05) is 0 Å². The first-order valence-electron chi connectivity index (χ1n) is 8.92. The van der Waals surface area contributed by atoms with Crippen LogP contribution in [0.25, 0.3) is 21.8 Å². The van der Waals surface area contributed by atoms with E-state index in [4.69, 9.17) is 4.74 Å². The van der Waals surface area contributed by atoms with Crippen LogP contribution in [0.4, 0.5) is 10.1 Å². The zero-order chi connectivity index (χ0) is 19.7. The molecule has 4 aromatic rings. The van der Waals surface area contributed by atoms with E-state index in [9.17, 15) is 9.18 Å². The Labute approximate surface area is 160 Å². The average molecular weight is 375 g/mol. The van der Waals surface area contributed by atoms with Gasteiger partial charge in [0.25, 0.3) is 0 Å². The summed E-state index contributed by atoms with van der Waals surface area (Å²) in [4.78, 5) is 24.1. The Balaban J connectivity index is 1.71.